The van der Waals surface area contributed by atoms with Crippen LogP contribution in [0.25, 0.3) is 0 Å². The summed E-state index contributed by atoms with van der Waals surface area (Å²) in [5.41, 5.74) is 0. The second-order valence-corrected chi connectivity index (χ2v) is 4.54. The molecule has 2 amide bonds. The molecular weight excluding hydrogens is 276 g/mol. The fourth-order valence-corrected chi connectivity index (χ4v) is 1.74. The minimum Gasteiger partial charge on any atom is -0.468 e. The third-order valence-corrected chi connectivity index (χ3v) is 2.84. The number of aromatic nitrogens is 1. The summed E-state index contributed by atoms with van der Waals surface area (Å²) in [7, 11) is 3.71. The van der Waals surface area contributed by atoms with E-state index in [0.717, 1.165) is 0 Å². The molecule has 2 heterocycles. The Labute approximate surface area is 121 Å². The molecule has 0 radical (unpaired) electrons. The summed E-state index contributed by atoms with van der Waals surface area (Å²) >= 11 is 0. The van der Waals surface area contributed by atoms with E-state index < -0.39 is 11.8 Å². The molecule has 0 fully saturated rings. The molecule has 1 atom stereocenters. The van der Waals surface area contributed by atoms with Gasteiger partial charge in [0.05, 0.1) is 12.3 Å². The van der Waals surface area contributed by atoms with Gasteiger partial charge in [0, 0.05) is 12.6 Å². The van der Waals surface area contributed by atoms with Crippen molar-refractivity contribution in [2.75, 3.05) is 26.0 Å². The van der Waals surface area contributed by atoms with Crippen LogP contribution in [0.4, 0.5) is 5.82 Å². The average molecular weight is 292 g/mol. The number of hydrogen-bond acceptors (Lipinski definition) is 6. The molecule has 0 aliphatic rings. The highest BCUT2D eigenvalue weighted by Crippen LogP contribution is 2.17. The van der Waals surface area contributed by atoms with Crippen LogP contribution in [-0.4, -0.2) is 42.5 Å². The molecule has 0 saturated carbocycles. The lowest BCUT2D eigenvalue weighted by molar-refractivity contribution is -0.136. The first-order valence-electron chi connectivity index (χ1n) is 6.27. The molecule has 0 bridgehead atoms. The minimum atomic E-state index is -0.805. The van der Waals surface area contributed by atoms with Crippen LogP contribution in [0, 0.1) is 0 Å². The first-order valence-corrected chi connectivity index (χ1v) is 6.27. The van der Waals surface area contributed by atoms with Crippen molar-refractivity contribution in [3.05, 3.63) is 36.5 Å². The molecule has 2 N–H and O–H groups in total. The fraction of sp³-hybridized carbons (Fsp3) is 0.308. The van der Waals surface area contributed by atoms with E-state index in [4.69, 9.17) is 4.42 Å². The van der Waals surface area contributed by atoms with Crippen molar-refractivity contribution in [1.82, 2.24) is 15.4 Å². The van der Waals surface area contributed by atoms with Gasteiger partial charge in [-0.2, -0.15) is 0 Å². The van der Waals surface area contributed by atoms with Crippen molar-refractivity contribution >= 4 is 17.6 Å². The monoisotopic (exact) mass is 292 g/mol. The maximum Gasteiger partial charge on any atom is 0.314 e. The molecule has 0 aromatic carbocycles. The van der Waals surface area contributed by atoms with Gasteiger partial charge in [-0.3, -0.25) is 19.8 Å². The third-order valence-electron chi connectivity index (χ3n) is 2.84. The third kappa shape index (κ3) is 3.93. The van der Waals surface area contributed by atoms with E-state index >= 15 is 0 Å². The smallest absolute Gasteiger partial charge is 0.314 e. The highest BCUT2D eigenvalue weighted by atomic mass is 16.5. The summed E-state index contributed by atoms with van der Waals surface area (Å²) in [5, 5.41) is 8.36. The van der Waals surface area contributed by atoms with Gasteiger partial charge in [-0.15, -0.1) is 0 Å². The average Bonchev–Trinajstić information content (AvgIpc) is 3.11. The van der Waals surface area contributed by atoms with Gasteiger partial charge in [-0.25, -0.2) is 0 Å². The van der Waals surface area contributed by atoms with Gasteiger partial charge in [0.15, 0.2) is 5.82 Å². The van der Waals surface area contributed by atoms with Gasteiger partial charge in [0.25, 0.3) is 0 Å². The van der Waals surface area contributed by atoms with Gasteiger partial charge in [0.2, 0.25) is 0 Å². The molecule has 2 aromatic heterocycles. The molecule has 0 saturated heterocycles. The van der Waals surface area contributed by atoms with E-state index in [2.05, 4.69) is 20.3 Å². The number of likely N-dealkylation sites (N-methyl/N-ethyl adjacent to an activating group) is 1. The summed E-state index contributed by atoms with van der Waals surface area (Å²) in [5.74, 6) is -0.667. The molecule has 21 heavy (non-hydrogen) atoms. The topological polar surface area (TPSA) is 101 Å². The number of anilines is 1. The van der Waals surface area contributed by atoms with Crippen LogP contribution in [0.15, 0.2) is 39.7 Å². The van der Waals surface area contributed by atoms with Crippen molar-refractivity contribution in [3.8, 4) is 0 Å². The standard InChI is InChI=1S/C13H16N4O4/c1-17(2)9(10-4-3-6-20-10)8-14-12(18)13(19)15-11-5-7-21-16-11/h3-7,9H,8H2,1-2H3,(H,14,18)(H,15,16,19)/t9-/m1/s1. The summed E-state index contributed by atoms with van der Waals surface area (Å²) in [6.07, 6.45) is 2.86. The van der Waals surface area contributed by atoms with Crippen LogP contribution < -0.4 is 10.6 Å². The van der Waals surface area contributed by atoms with Crippen molar-refractivity contribution in [3.63, 3.8) is 0 Å². The maximum atomic E-state index is 11.7. The van der Waals surface area contributed by atoms with Crippen molar-refractivity contribution in [1.29, 1.82) is 0 Å². The Morgan fingerprint density at radius 2 is 2.10 bits per heavy atom. The molecule has 0 aliphatic carbocycles. The lowest BCUT2D eigenvalue weighted by atomic mass is 10.2. The number of amides is 2. The molecule has 2 aromatic rings. The SMILES string of the molecule is CN(C)[C@H](CNC(=O)C(=O)Nc1ccon1)c1ccco1. The number of nitrogens with one attached hydrogen (secondary N) is 2. The van der Waals surface area contributed by atoms with Gasteiger partial charge >= 0.3 is 11.8 Å². The normalized spacial score (nSPS) is 12.1. The highest BCUT2D eigenvalue weighted by Gasteiger charge is 2.20. The number of carbonyl (C=O) groups excluding carboxylic acids is 2. The van der Waals surface area contributed by atoms with E-state index in [-0.39, 0.29) is 18.4 Å². The van der Waals surface area contributed by atoms with Crippen LogP contribution in [0.2, 0.25) is 0 Å². The zero-order valence-corrected chi connectivity index (χ0v) is 11.7. The van der Waals surface area contributed by atoms with E-state index in [9.17, 15) is 9.59 Å². The van der Waals surface area contributed by atoms with Crippen LogP contribution in [0.1, 0.15) is 11.8 Å². The van der Waals surface area contributed by atoms with Crippen molar-refractivity contribution < 1.29 is 18.5 Å². The largest absolute Gasteiger partial charge is 0.468 e. The predicted molar refractivity (Wildman–Crippen MR) is 73.3 cm³/mol. The zero-order chi connectivity index (χ0) is 15.2. The predicted octanol–water partition coefficient (Wildman–Crippen LogP) is 0.625. The van der Waals surface area contributed by atoms with Crippen LogP contribution >= 0.6 is 0 Å². The quantitative estimate of drug-likeness (QED) is 0.784. The Kier molecular flexibility index (Phi) is 4.72. The van der Waals surface area contributed by atoms with Crippen LogP contribution in [-0.2, 0) is 9.59 Å². The van der Waals surface area contributed by atoms with Gasteiger partial charge in [-0.05, 0) is 26.2 Å². The highest BCUT2D eigenvalue weighted by molar-refractivity contribution is 6.39. The molecule has 0 spiro atoms. The van der Waals surface area contributed by atoms with E-state index in [1.54, 1.807) is 12.3 Å². The number of furan rings is 1. The number of rotatable bonds is 5. The lowest BCUT2D eigenvalue weighted by Gasteiger charge is -2.22. The fourth-order valence-electron chi connectivity index (χ4n) is 1.74. The van der Waals surface area contributed by atoms with Gasteiger partial charge in [0.1, 0.15) is 12.0 Å². The van der Waals surface area contributed by atoms with Gasteiger partial charge in [-0.1, -0.05) is 5.16 Å². The second-order valence-electron chi connectivity index (χ2n) is 4.54. The van der Waals surface area contributed by atoms with Crippen LogP contribution in [0.5, 0.6) is 0 Å². The molecule has 0 unspecified atom stereocenters. The summed E-state index contributed by atoms with van der Waals surface area (Å²) in [4.78, 5) is 25.3. The van der Waals surface area contributed by atoms with E-state index in [1.165, 1.54) is 12.3 Å². The first-order chi connectivity index (χ1) is 10.1. The van der Waals surface area contributed by atoms with E-state index in [0.29, 0.717) is 5.76 Å². The Morgan fingerprint density at radius 3 is 2.67 bits per heavy atom. The summed E-state index contributed by atoms with van der Waals surface area (Å²) in [6.45, 7) is 0.242. The molecule has 8 nitrogen and oxygen atoms in total. The molecule has 2 rings (SSSR count). The molecular formula is C13H16N4O4. The molecule has 8 heteroatoms. The number of nitrogens with zero attached hydrogens (tertiary/aromatic N) is 2. The zero-order valence-electron chi connectivity index (χ0n) is 11.7. The second kappa shape index (κ2) is 6.71. The number of carbonyl (C=O) groups is 2. The summed E-state index contributed by atoms with van der Waals surface area (Å²) in [6, 6.07) is 4.86. The van der Waals surface area contributed by atoms with Gasteiger partial charge < -0.3 is 14.3 Å². The summed E-state index contributed by atoms with van der Waals surface area (Å²) < 4.78 is 9.88. The molecule has 112 valence electrons. The lowest BCUT2D eigenvalue weighted by Crippen LogP contribution is -2.40. The maximum absolute atomic E-state index is 11.7. The molecule has 0 aliphatic heterocycles. The Bertz CT molecular complexity index is 577. The first kappa shape index (κ1) is 14.8. The Hall–Kier alpha value is -2.61. The minimum absolute atomic E-state index is 0.163. The Morgan fingerprint density at radius 1 is 1.29 bits per heavy atom. The van der Waals surface area contributed by atoms with Crippen molar-refractivity contribution in [2.24, 2.45) is 0 Å². The Balaban J connectivity index is 1.88. The number of hydrogen-bond donors (Lipinski definition) is 2. The van der Waals surface area contributed by atoms with Crippen LogP contribution in [0.3, 0.4) is 0 Å². The van der Waals surface area contributed by atoms with E-state index in [1.807, 2.05) is 25.1 Å². The van der Waals surface area contributed by atoms with Crippen molar-refractivity contribution in [2.45, 2.75) is 6.04 Å².